The van der Waals surface area contributed by atoms with Crippen molar-refractivity contribution in [2.75, 3.05) is 13.1 Å². The Balaban J connectivity index is 2.50. The summed E-state index contributed by atoms with van der Waals surface area (Å²) in [4.78, 5) is 2.34. The molecule has 0 spiro atoms. The molecule has 0 saturated carbocycles. The number of hydrogen-bond acceptors (Lipinski definition) is 3. The Hall–Kier alpha value is -0.870. The van der Waals surface area contributed by atoms with Gasteiger partial charge in [0.2, 0.25) is 0 Å². The molecule has 15 heavy (non-hydrogen) atoms. The van der Waals surface area contributed by atoms with Crippen LogP contribution < -0.4 is 5.73 Å². The molecule has 0 aliphatic heterocycles. The molecule has 0 radical (unpaired) electrons. The second-order valence-corrected chi connectivity index (χ2v) is 4.01. The highest BCUT2D eigenvalue weighted by molar-refractivity contribution is 5.03. The maximum Gasteiger partial charge on any atom is 0.0534 e. The Kier molecular flexibility index (Phi) is 4.78. The predicted molar refractivity (Wildman–Crippen MR) is 62.5 cm³/mol. The van der Waals surface area contributed by atoms with Gasteiger partial charge in [-0.15, -0.1) is 0 Å². The summed E-state index contributed by atoms with van der Waals surface area (Å²) in [7, 11) is 0. The summed E-state index contributed by atoms with van der Waals surface area (Å²) in [5, 5.41) is 4.26. The number of rotatable bonds is 6. The van der Waals surface area contributed by atoms with E-state index in [0.29, 0.717) is 0 Å². The second-order valence-electron chi connectivity index (χ2n) is 4.01. The van der Waals surface area contributed by atoms with E-state index in [1.807, 2.05) is 17.8 Å². The van der Waals surface area contributed by atoms with Crippen LogP contribution >= 0.6 is 0 Å². The average molecular weight is 210 g/mol. The van der Waals surface area contributed by atoms with Crippen molar-refractivity contribution in [1.82, 2.24) is 14.7 Å². The van der Waals surface area contributed by atoms with Crippen LogP contribution in [-0.2, 0) is 13.1 Å². The van der Waals surface area contributed by atoms with E-state index in [0.717, 1.165) is 26.2 Å². The van der Waals surface area contributed by atoms with E-state index >= 15 is 0 Å². The molecule has 4 nitrogen and oxygen atoms in total. The lowest BCUT2D eigenvalue weighted by Crippen LogP contribution is -2.34. The summed E-state index contributed by atoms with van der Waals surface area (Å²) in [6.07, 6.45) is 4.04. The fourth-order valence-corrected chi connectivity index (χ4v) is 1.63. The number of aryl methyl sites for hydroxylation is 1. The molecule has 0 aliphatic rings. The van der Waals surface area contributed by atoms with Gasteiger partial charge in [-0.25, -0.2) is 0 Å². The van der Waals surface area contributed by atoms with E-state index in [1.54, 1.807) is 0 Å². The van der Waals surface area contributed by atoms with Crippen LogP contribution in [0.15, 0.2) is 12.4 Å². The Labute approximate surface area is 92.1 Å². The predicted octanol–water partition coefficient (Wildman–Crippen LogP) is 1.07. The molecular weight excluding hydrogens is 188 g/mol. The van der Waals surface area contributed by atoms with Crippen LogP contribution in [0.25, 0.3) is 0 Å². The van der Waals surface area contributed by atoms with Crippen LogP contribution in [-0.4, -0.2) is 33.8 Å². The van der Waals surface area contributed by atoms with Crippen molar-refractivity contribution in [3.05, 3.63) is 18.0 Å². The third kappa shape index (κ3) is 4.01. The summed E-state index contributed by atoms with van der Waals surface area (Å²) >= 11 is 0. The summed E-state index contributed by atoms with van der Waals surface area (Å²) in [6, 6.07) is 0.228. The third-order valence-electron chi connectivity index (χ3n) is 2.41. The van der Waals surface area contributed by atoms with Gasteiger partial charge < -0.3 is 5.73 Å². The fraction of sp³-hybridized carbons (Fsp3) is 0.727. The largest absolute Gasteiger partial charge is 0.327 e. The normalized spacial score (nSPS) is 13.4. The van der Waals surface area contributed by atoms with E-state index in [1.165, 1.54) is 5.56 Å². The molecule has 0 amide bonds. The van der Waals surface area contributed by atoms with Gasteiger partial charge in [0, 0.05) is 37.4 Å². The minimum Gasteiger partial charge on any atom is -0.327 e. The smallest absolute Gasteiger partial charge is 0.0534 e. The van der Waals surface area contributed by atoms with Crippen LogP contribution in [0.3, 0.4) is 0 Å². The van der Waals surface area contributed by atoms with Gasteiger partial charge in [-0.3, -0.25) is 9.58 Å². The van der Waals surface area contributed by atoms with E-state index in [4.69, 9.17) is 5.73 Å². The average Bonchev–Trinajstić information content (AvgIpc) is 2.64. The lowest BCUT2D eigenvalue weighted by molar-refractivity contribution is 0.266. The van der Waals surface area contributed by atoms with Gasteiger partial charge in [-0.05, 0) is 20.4 Å². The Morgan fingerprint density at radius 1 is 1.53 bits per heavy atom. The zero-order valence-corrected chi connectivity index (χ0v) is 9.98. The Bertz CT molecular complexity index is 280. The lowest BCUT2D eigenvalue weighted by Gasteiger charge is -2.21. The molecule has 0 aliphatic carbocycles. The van der Waals surface area contributed by atoms with Gasteiger partial charge in [0.05, 0.1) is 6.20 Å². The maximum absolute atomic E-state index is 5.79. The molecule has 0 saturated heterocycles. The highest BCUT2D eigenvalue weighted by Crippen LogP contribution is 2.03. The molecule has 1 aromatic heterocycles. The van der Waals surface area contributed by atoms with Crippen LogP contribution in [0.1, 0.15) is 26.3 Å². The SMILES string of the molecule is CCN(Cc1cnn(CC)c1)C[C@H](C)N. The van der Waals surface area contributed by atoms with Gasteiger partial charge >= 0.3 is 0 Å². The van der Waals surface area contributed by atoms with Crippen molar-refractivity contribution >= 4 is 0 Å². The van der Waals surface area contributed by atoms with Gasteiger partial charge in [-0.2, -0.15) is 5.10 Å². The summed E-state index contributed by atoms with van der Waals surface area (Å²) in [5.41, 5.74) is 7.05. The Morgan fingerprint density at radius 2 is 2.27 bits per heavy atom. The lowest BCUT2D eigenvalue weighted by atomic mass is 10.3. The zero-order chi connectivity index (χ0) is 11.3. The van der Waals surface area contributed by atoms with E-state index in [2.05, 4.69) is 30.0 Å². The molecule has 0 aromatic carbocycles. The van der Waals surface area contributed by atoms with Gasteiger partial charge in [0.25, 0.3) is 0 Å². The Morgan fingerprint density at radius 3 is 2.73 bits per heavy atom. The summed E-state index contributed by atoms with van der Waals surface area (Å²) < 4.78 is 1.95. The van der Waals surface area contributed by atoms with Crippen LogP contribution in [0.2, 0.25) is 0 Å². The topological polar surface area (TPSA) is 47.1 Å². The maximum atomic E-state index is 5.79. The van der Waals surface area contributed by atoms with Crippen LogP contribution in [0, 0.1) is 0 Å². The summed E-state index contributed by atoms with van der Waals surface area (Å²) in [5.74, 6) is 0. The first-order valence-electron chi connectivity index (χ1n) is 5.65. The fourth-order valence-electron chi connectivity index (χ4n) is 1.63. The van der Waals surface area contributed by atoms with Gasteiger partial charge in [-0.1, -0.05) is 6.92 Å². The van der Waals surface area contributed by atoms with Crippen molar-refractivity contribution in [2.45, 2.75) is 39.9 Å². The highest BCUT2D eigenvalue weighted by Gasteiger charge is 2.07. The molecule has 2 N–H and O–H groups in total. The number of hydrogen-bond donors (Lipinski definition) is 1. The first-order chi connectivity index (χ1) is 7.15. The number of likely N-dealkylation sites (N-methyl/N-ethyl adjacent to an activating group) is 1. The van der Waals surface area contributed by atoms with Crippen molar-refractivity contribution in [2.24, 2.45) is 5.73 Å². The number of aromatic nitrogens is 2. The van der Waals surface area contributed by atoms with E-state index < -0.39 is 0 Å². The molecule has 4 heteroatoms. The van der Waals surface area contributed by atoms with Crippen molar-refractivity contribution in [3.8, 4) is 0 Å². The molecule has 1 rings (SSSR count). The highest BCUT2D eigenvalue weighted by atomic mass is 15.3. The second kappa shape index (κ2) is 5.88. The molecule has 86 valence electrons. The van der Waals surface area contributed by atoms with E-state index in [-0.39, 0.29) is 6.04 Å². The minimum absolute atomic E-state index is 0.228. The molecule has 0 fully saturated rings. The molecule has 1 atom stereocenters. The quantitative estimate of drug-likeness (QED) is 0.764. The van der Waals surface area contributed by atoms with Gasteiger partial charge in [0.15, 0.2) is 0 Å². The molecule has 1 heterocycles. The van der Waals surface area contributed by atoms with Crippen molar-refractivity contribution in [3.63, 3.8) is 0 Å². The monoisotopic (exact) mass is 210 g/mol. The minimum atomic E-state index is 0.228. The van der Waals surface area contributed by atoms with Gasteiger partial charge in [0.1, 0.15) is 0 Å². The van der Waals surface area contributed by atoms with E-state index in [9.17, 15) is 0 Å². The van der Waals surface area contributed by atoms with Crippen LogP contribution in [0.4, 0.5) is 0 Å². The molecule has 0 unspecified atom stereocenters. The molecule has 0 bridgehead atoms. The standard InChI is InChI=1S/C11H22N4/c1-4-14(7-10(3)12)8-11-6-13-15(5-2)9-11/h6,9-10H,4-5,7-8,12H2,1-3H3/t10-/m0/s1. The molecule has 1 aromatic rings. The summed E-state index contributed by atoms with van der Waals surface area (Å²) in [6.45, 7) is 10.1. The third-order valence-corrected chi connectivity index (χ3v) is 2.41. The first-order valence-corrected chi connectivity index (χ1v) is 5.65. The zero-order valence-electron chi connectivity index (χ0n) is 9.98. The number of nitrogens with zero attached hydrogens (tertiary/aromatic N) is 3. The van der Waals surface area contributed by atoms with Crippen molar-refractivity contribution in [1.29, 1.82) is 0 Å². The molecular formula is C11H22N4. The first kappa shape index (κ1) is 12.2. The number of nitrogens with two attached hydrogens (primary N) is 1. The van der Waals surface area contributed by atoms with Crippen molar-refractivity contribution < 1.29 is 0 Å². The van der Waals surface area contributed by atoms with Crippen LogP contribution in [0.5, 0.6) is 0 Å².